The molecule has 3 heteroatoms. The summed E-state index contributed by atoms with van der Waals surface area (Å²) in [6.45, 7) is 11.3. The Balaban J connectivity index is 1.78. The summed E-state index contributed by atoms with van der Waals surface area (Å²) in [5.41, 5.74) is 2.55. The topological polar surface area (TPSA) is 28.2 Å². The molecule has 20 heavy (non-hydrogen) atoms. The fourth-order valence-electron chi connectivity index (χ4n) is 3.05. The van der Waals surface area contributed by atoms with Gasteiger partial charge in [0.2, 0.25) is 0 Å². The summed E-state index contributed by atoms with van der Waals surface area (Å²) < 4.78 is 0. The average Bonchev–Trinajstić information content (AvgIpc) is 2.48. The fraction of sp³-hybridized carbons (Fsp3) is 0.706. The first-order valence-corrected chi connectivity index (χ1v) is 8.07. The van der Waals surface area contributed by atoms with Gasteiger partial charge >= 0.3 is 0 Å². The molecule has 0 radical (unpaired) electrons. The molecular formula is C17H29N3. The highest BCUT2D eigenvalue weighted by atomic mass is 15.1. The maximum absolute atomic E-state index is 4.51. The van der Waals surface area contributed by atoms with Gasteiger partial charge in [0.15, 0.2) is 0 Å². The van der Waals surface area contributed by atoms with Crippen molar-refractivity contribution in [1.29, 1.82) is 0 Å². The molecular weight excluding hydrogens is 246 g/mol. The van der Waals surface area contributed by atoms with Crippen LogP contribution in [-0.4, -0.2) is 35.6 Å². The molecule has 0 bridgehead atoms. The zero-order valence-corrected chi connectivity index (χ0v) is 13.2. The van der Waals surface area contributed by atoms with E-state index in [1.807, 2.05) is 12.3 Å². The van der Waals surface area contributed by atoms with E-state index in [1.54, 1.807) is 0 Å². The first kappa shape index (κ1) is 15.5. The Bertz CT molecular complexity index is 397. The third kappa shape index (κ3) is 4.29. The van der Waals surface area contributed by atoms with Crippen molar-refractivity contribution >= 4 is 0 Å². The highest BCUT2D eigenvalue weighted by Crippen LogP contribution is 2.22. The van der Waals surface area contributed by atoms with E-state index in [1.165, 1.54) is 43.6 Å². The molecule has 1 atom stereocenters. The molecule has 1 fully saturated rings. The van der Waals surface area contributed by atoms with Crippen LogP contribution in [0, 0.1) is 12.8 Å². The van der Waals surface area contributed by atoms with Crippen molar-refractivity contribution in [2.75, 3.05) is 19.6 Å². The van der Waals surface area contributed by atoms with Gasteiger partial charge in [-0.25, -0.2) is 0 Å². The Kier molecular flexibility index (Phi) is 5.99. The lowest BCUT2D eigenvalue weighted by Gasteiger charge is -2.35. The molecule has 1 aromatic heterocycles. The van der Waals surface area contributed by atoms with Crippen LogP contribution in [0.5, 0.6) is 0 Å². The second-order valence-corrected chi connectivity index (χ2v) is 6.12. The summed E-state index contributed by atoms with van der Waals surface area (Å²) in [5.74, 6) is 0.836. The van der Waals surface area contributed by atoms with Gasteiger partial charge in [0.05, 0.1) is 5.69 Å². The molecule has 0 amide bonds. The molecule has 112 valence electrons. The Labute approximate surface area is 123 Å². The van der Waals surface area contributed by atoms with E-state index in [2.05, 4.69) is 42.0 Å². The number of aromatic nitrogens is 1. The van der Waals surface area contributed by atoms with Crippen LogP contribution in [0.3, 0.4) is 0 Å². The molecule has 3 nitrogen and oxygen atoms in total. The van der Waals surface area contributed by atoms with Gasteiger partial charge in [-0.3, -0.25) is 9.88 Å². The lowest BCUT2D eigenvalue weighted by molar-refractivity contribution is 0.155. The van der Waals surface area contributed by atoms with Crippen molar-refractivity contribution in [3.63, 3.8) is 0 Å². The second kappa shape index (κ2) is 7.75. The Morgan fingerprint density at radius 3 is 2.80 bits per heavy atom. The van der Waals surface area contributed by atoms with E-state index in [0.29, 0.717) is 6.04 Å². The van der Waals surface area contributed by atoms with Crippen LogP contribution in [0.1, 0.15) is 44.4 Å². The van der Waals surface area contributed by atoms with Crippen molar-refractivity contribution in [3.8, 4) is 0 Å². The maximum Gasteiger partial charge on any atom is 0.0573 e. The Hall–Kier alpha value is -0.930. The van der Waals surface area contributed by atoms with Gasteiger partial charge in [-0.05, 0) is 70.3 Å². The van der Waals surface area contributed by atoms with Crippen LogP contribution in [0.25, 0.3) is 0 Å². The van der Waals surface area contributed by atoms with Crippen LogP contribution in [0.4, 0.5) is 0 Å². The molecule has 1 aromatic rings. The lowest BCUT2D eigenvalue weighted by atomic mass is 9.90. The zero-order chi connectivity index (χ0) is 14.4. The zero-order valence-electron chi connectivity index (χ0n) is 13.2. The van der Waals surface area contributed by atoms with Gasteiger partial charge in [0.1, 0.15) is 0 Å². The SMILES string of the molecule is CCCNC(C)C1CCN(Cc2ncccc2C)CC1. The summed E-state index contributed by atoms with van der Waals surface area (Å²) in [5, 5.41) is 3.64. The first-order chi connectivity index (χ1) is 9.70. The molecule has 1 N–H and O–H groups in total. The minimum atomic E-state index is 0.661. The predicted molar refractivity (Wildman–Crippen MR) is 84.7 cm³/mol. The van der Waals surface area contributed by atoms with Crippen LogP contribution in [0.2, 0.25) is 0 Å². The molecule has 0 aromatic carbocycles. The number of piperidine rings is 1. The molecule has 1 aliphatic heterocycles. The number of aryl methyl sites for hydroxylation is 1. The Morgan fingerprint density at radius 1 is 1.40 bits per heavy atom. The number of hydrogen-bond acceptors (Lipinski definition) is 3. The summed E-state index contributed by atoms with van der Waals surface area (Å²) in [6.07, 6.45) is 5.75. The van der Waals surface area contributed by atoms with E-state index in [0.717, 1.165) is 19.0 Å². The van der Waals surface area contributed by atoms with Crippen LogP contribution < -0.4 is 5.32 Å². The van der Waals surface area contributed by atoms with Crippen molar-refractivity contribution in [3.05, 3.63) is 29.6 Å². The normalized spacial score (nSPS) is 19.1. The van der Waals surface area contributed by atoms with Crippen molar-refractivity contribution in [2.45, 2.75) is 52.6 Å². The van der Waals surface area contributed by atoms with Gasteiger partial charge in [-0.1, -0.05) is 13.0 Å². The molecule has 1 saturated heterocycles. The smallest absolute Gasteiger partial charge is 0.0573 e. The van der Waals surface area contributed by atoms with E-state index in [4.69, 9.17) is 0 Å². The van der Waals surface area contributed by atoms with Crippen LogP contribution >= 0.6 is 0 Å². The first-order valence-electron chi connectivity index (χ1n) is 8.07. The minimum absolute atomic E-state index is 0.661. The van der Waals surface area contributed by atoms with E-state index in [-0.39, 0.29) is 0 Å². The molecule has 1 aliphatic rings. The molecule has 0 saturated carbocycles. The lowest BCUT2D eigenvalue weighted by Crippen LogP contribution is -2.42. The van der Waals surface area contributed by atoms with E-state index in [9.17, 15) is 0 Å². The Morgan fingerprint density at radius 2 is 2.15 bits per heavy atom. The van der Waals surface area contributed by atoms with Crippen LogP contribution in [0.15, 0.2) is 18.3 Å². The van der Waals surface area contributed by atoms with Gasteiger partial charge in [0, 0.05) is 18.8 Å². The standard InChI is InChI=1S/C17H29N3/c1-4-9-18-15(3)16-7-11-20(12-8-16)13-17-14(2)6-5-10-19-17/h5-6,10,15-16,18H,4,7-9,11-13H2,1-3H3. The molecule has 1 unspecified atom stereocenters. The monoisotopic (exact) mass is 275 g/mol. The molecule has 0 spiro atoms. The largest absolute Gasteiger partial charge is 0.314 e. The minimum Gasteiger partial charge on any atom is -0.314 e. The van der Waals surface area contributed by atoms with Gasteiger partial charge < -0.3 is 5.32 Å². The predicted octanol–water partition coefficient (Wildman–Crippen LogP) is 2.99. The number of likely N-dealkylation sites (tertiary alicyclic amines) is 1. The quantitative estimate of drug-likeness (QED) is 0.865. The fourth-order valence-corrected chi connectivity index (χ4v) is 3.05. The highest BCUT2D eigenvalue weighted by molar-refractivity contribution is 5.17. The third-order valence-corrected chi connectivity index (χ3v) is 4.55. The van der Waals surface area contributed by atoms with E-state index < -0.39 is 0 Å². The molecule has 0 aliphatic carbocycles. The number of pyridine rings is 1. The number of rotatable bonds is 6. The third-order valence-electron chi connectivity index (χ3n) is 4.55. The van der Waals surface area contributed by atoms with Crippen molar-refractivity contribution < 1.29 is 0 Å². The van der Waals surface area contributed by atoms with Gasteiger partial charge in [-0.2, -0.15) is 0 Å². The highest BCUT2D eigenvalue weighted by Gasteiger charge is 2.23. The van der Waals surface area contributed by atoms with Gasteiger partial charge in [-0.15, -0.1) is 0 Å². The average molecular weight is 275 g/mol. The molecule has 2 rings (SSSR count). The van der Waals surface area contributed by atoms with E-state index >= 15 is 0 Å². The number of hydrogen-bond donors (Lipinski definition) is 1. The maximum atomic E-state index is 4.51. The van der Waals surface area contributed by atoms with Crippen LogP contribution in [-0.2, 0) is 6.54 Å². The summed E-state index contributed by atoms with van der Waals surface area (Å²) in [6, 6.07) is 4.84. The number of nitrogens with zero attached hydrogens (tertiary/aromatic N) is 2. The second-order valence-electron chi connectivity index (χ2n) is 6.12. The van der Waals surface area contributed by atoms with Gasteiger partial charge in [0.25, 0.3) is 0 Å². The van der Waals surface area contributed by atoms with Crippen molar-refractivity contribution in [2.24, 2.45) is 5.92 Å². The summed E-state index contributed by atoms with van der Waals surface area (Å²) in [7, 11) is 0. The van der Waals surface area contributed by atoms with Crippen molar-refractivity contribution in [1.82, 2.24) is 15.2 Å². The number of nitrogens with one attached hydrogen (secondary N) is 1. The summed E-state index contributed by atoms with van der Waals surface area (Å²) in [4.78, 5) is 7.07. The summed E-state index contributed by atoms with van der Waals surface area (Å²) >= 11 is 0. The molecule has 2 heterocycles.